The fraction of sp³-hybridized carbons (Fsp3) is 0.500. The molecule has 0 fully saturated rings. The molecule has 1 unspecified atom stereocenters. The number of halogens is 3. The molecule has 2 atom stereocenters. The van der Waals surface area contributed by atoms with Crippen LogP contribution in [0.3, 0.4) is 0 Å². The fourth-order valence-corrected chi connectivity index (χ4v) is 2.37. The van der Waals surface area contributed by atoms with Gasteiger partial charge in [0.1, 0.15) is 5.75 Å². The van der Waals surface area contributed by atoms with Crippen molar-refractivity contribution in [1.82, 2.24) is 4.90 Å². The standard InChI is InChI=1S/C14H18F3N3O/c1-9(10-3-5-11(21-2)6-4-10)20-8-7-12(14(15,16)17)19-13(20)18/h3-6,9,12H,7-8H2,1-2H3,(H2,18,19)/t9-,12?/m0/s1. The van der Waals surface area contributed by atoms with Gasteiger partial charge in [-0.1, -0.05) is 12.1 Å². The lowest BCUT2D eigenvalue weighted by molar-refractivity contribution is -0.150. The van der Waals surface area contributed by atoms with E-state index in [0.29, 0.717) is 0 Å². The van der Waals surface area contributed by atoms with Gasteiger partial charge in [0.25, 0.3) is 0 Å². The Morgan fingerprint density at radius 2 is 1.95 bits per heavy atom. The molecule has 1 aromatic rings. The number of alkyl halides is 3. The van der Waals surface area contributed by atoms with Crippen LogP contribution < -0.4 is 10.5 Å². The van der Waals surface area contributed by atoms with E-state index in [1.807, 2.05) is 31.2 Å². The minimum atomic E-state index is -4.33. The van der Waals surface area contributed by atoms with E-state index < -0.39 is 12.2 Å². The minimum Gasteiger partial charge on any atom is -0.497 e. The highest BCUT2D eigenvalue weighted by molar-refractivity contribution is 5.79. The molecule has 0 aromatic heterocycles. The second-order valence-corrected chi connectivity index (χ2v) is 4.98. The average molecular weight is 301 g/mol. The van der Waals surface area contributed by atoms with Gasteiger partial charge < -0.3 is 15.4 Å². The van der Waals surface area contributed by atoms with E-state index in [-0.39, 0.29) is 25.0 Å². The molecule has 0 saturated carbocycles. The lowest BCUT2D eigenvalue weighted by atomic mass is 10.0. The number of guanidine groups is 1. The van der Waals surface area contributed by atoms with Crippen molar-refractivity contribution in [1.29, 1.82) is 0 Å². The van der Waals surface area contributed by atoms with Gasteiger partial charge in [0.15, 0.2) is 12.0 Å². The molecular weight excluding hydrogens is 283 g/mol. The van der Waals surface area contributed by atoms with Crippen LogP contribution in [0, 0.1) is 0 Å². The molecule has 116 valence electrons. The zero-order chi connectivity index (χ0) is 15.6. The van der Waals surface area contributed by atoms with Gasteiger partial charge in [0.05, 0.1) is 13.2 Å². The molecule has 21 heavy (non-hydrogen) atoms. The Morgan fingerprint density at radius 3 is 2.43 bits per heavy atom. The van der Waals surface area contributed by atoms with Crippen molar-refractivity contribution >= 4 is 5.96 Å². The molecule has 4 nitrogen and oxygen atoms in total. The predicted molar refractivity (Wildman–Crippen MR) is 74.2 cm³/mol. The third-order valence-electron chi connectivity index (χ3n) is 3.67. The second kappa shape index (κ2) is 5.83. The Hall–Kier alpha value is -1.92. The van der Waals surface area contributed by atoms with Gasteiger partial charge >= 0.3 is 6.18 Å². The first-order chi connectivity index (χ1) is 9.82. The van der Waals surface area contributed by atoms with E-state index in [2.05, 4.69) is 4.99 Å². The normalized spacial score (nSPS) is 20.9. The molecule has 0 spiro atoms. The summed E-state index contributed by atoms with van der Waals surface area (Å²) in [7, 11) is 1.57. The van der Waals surface area contributed by atoms with Crippen LogP contribution in [0.15, 0.2) is 29.3 Å². The van der Waals surface area contributed by atoms with Crippen LogP contribution in [0.1, 0.15) is 24.9 Å². The average Bonchev–Trinajstić information content (AvgIpc) is 2.45. The Balaban J connectivity index is 2.14. The van der Waals surface area contributed by atoms with Crippen LogP contribution >= 0.6 is 0 Å². The molecule has 1 aliphatic rings. The van der Waals surface area contributed by atoms with Crippen molar-refractivity contribution in [2.45, 2.75) is 31.6 Å². The van der Waals surface area contributed by atoms with Crippen LogP contribution in [-0.2, 0) is 0 Å². The van der Waals surface area contributed by atoms with Crippen molar-refractivity contribution in [3.05, 3.63) is 29.8 Å². The van der Waals surface area contributed by atoms with Crippen LogP contribution in [-0.4, -0.2) is 36.7 Å². The summed E-state index contributed by atoms with van der Waals surface area (Å²) in [6, 6.07) is 5.51. The number of nitrogens with two attached hydrogens (primary N) is 1. The van der Waals surface area contributed by atoms with Crippen molar-refractivity contribution in [3.63, 3.8) is 0 Å². The monoisotopic (exact) mass is 301 g/mol. The number of aliphatic imine (C=N–C) groups is 1. The maximum atomic E-state index is 12.7. The number of nitrogens with zero attached hydrogens (tertiary/aromatic N) is 2. The Bertz CT molecular complexity index is 513. The van der Waals surface area contributed by atoms with E-state index in [0.717, 1.165) is 11.3 Å². The molecule has 2 rings (SSSR count). The fourth-order valence-electron chi connectivity index (χ4n) is 2.37. The van der Waals surface area contributed by atoms with Gasteiger partial charge in [-0.2, -0.15) is 13.2 Å². The summed E-state index contributed by atoms with van der Waals surface area (Å²) in [5, 5.41) is 0. The molecular formula is C14H18F3N3O. The number of methoxy groups -OCH3 is 1. The van der Waals surface area contributed by atoms with Crippen molar-refractivity contribution < 1.29 is 17.9 Å². The quantitative estimate of drug-likeness (QED) is 0.934. The van der Waals surface area contributed by atoms with Crippen molar-refractivity contribution in [3.8, 4) is 5.75 Å². The molecule has 2 N–H and O–H groups in total. The van der Waals surface area contributed by atoms with Gasteiger partial charge in [0, 0.05) is 6.54 Å². The van der Waals surface area contributed by atoms with Gasteiger partial charge in [-0.15, -0.1) is 0 Å². The summed E-state index contributed by atoms with van der Waals surface area (Å²) < 4.78 is 43.0. The molecule has 7 heteroatoms. The highest BCUT2D eigenvalue weighted by Crippen LogP contribution is 2.31. The predicted octanol–water partition coefficient (Wildman–Crippen LogP) is 2.71. The zero-order valence-electron chi connectivity index (χ0n) is 11.9. The highest BCUT2D eigenvalue weighted by Gasteiger charge is 2.42. The Labute approximate surface area is 121 Å². The minimum absolute atomic E-state index is 0.0631. The molecule has 1 aliphatic heterocycles. The summed E-state index contributed by atoms with van der Waals surface area (Å²) in [6.07, 6.45) is -4.41. The Morgan fingerprint density at radius 1 is 1.33 bits per heavy atom. The lowest BCUT2D eigenvalue weighted by Gasteiger charge is -2.35. The summed E-state index contributed by atoms with van der Waals surface area (Å²) in [5.41, 5.74) is 6.66. The van der Waals surface area contributed by atoms with Crippen LogP contribution in [0.2, 0.25) is 0 Å². The third kappa shape index (κ3) is 3.40. The SMILES string of the molecule is COc1ccc([C@H](C)N2CCC(C(F)(F)F)N=C2N)cc1. The number of rotatable bonds is 3. The molecule has 0 amide bonds. The first-order valence-electron chi connectivity index (χ1n) is 6.63. The van der Waals surface area contributed by atoms with Gasteiger partial charge in [-0.3, -0.25) is 0 Å². The maximum absolute atomic E-state index is 12.7. The lowest BCUT2D eigenvalue weighted by Crippen LogP contribution is -2.47. The highest BCUT2D eigenvalue weighted by atomic mass is 19.4. The van der Waals surface area contributed by atoms with Gasteiger partial charge in [0.2, 0.25) is 0 Å². The van der Waals surface area contributed by atoms with Crippen LogP contribution in [0.4, 0.5) is 13.2 Å². The molecule has 1 heterocycles. The first kappa shape index (κ1) is 15.5. The Kier molecular flexibility index (Phi) is 4.29. The molecule has 1 aromatic carbocycles. The summed E-state index contributed by atoms with van der Waals surface area (Å²) in [5.74, 6) is 0.662. The number of hydrogen-bond acceptors (Lipinski definition) is 4. The molecule has 0 bridgehead atoms. The van der Waals surface area contributed by atoms with E-state index in [1.54, 1.807) is 12.0 Å². The summed E-state index contributed by atoms with van der Waals surface area (Å²) in [6.45, 7) is 2.12. The van der Waals surface area contributed by atoms with Crippen LogP contribution in [0.5, 0.6) is 5.75 Å². The smallest absolute Gasteiger partial charge is 0.410 e. The molecule has 0 saturated heterocycles. The summed E-state index contributed by atoms with van der Waals surface area (Å²) >= 11 is 0. The van der Waals surface area contributed by atoms with E-state index in [1.165, 1.54) is 0 Å². The van der Waals surface area contributed by atoms with Crippen molar-refractivity contribution in [2.75, 3.05) is 13.7 Å². The van der Waals surface area contributed by atoms with E-state index in [9.17, 15) is 13.2 Å². The molecule has 0 aliphatic carbocycles. The summed E-state index contributed by atoms with van der Waals surface area (Å²) in [4.78, 5) is 5.27. The number of benzene rings is 1. The largest absolute Gasteiger partial charge is 0.497 e. The number of ether oxygens (including phenoxy) is 1. The van der Waals surface area contributed by atoms with Crippen LogP contribution in [0.25, 0.3) is 0 Å². The number of hydrogen-bond donors (Lipinski definition) is 1. The second-order valence-electron chi connectivity index (χ2n) is 4.98. The van der Waals surface area contributed by atoms with Gasteiger partial charge in [-0.25, -0.2) is 4.99 Å². The zero-order valence-corrected chi connectivity index (χ0v) is 11.9. The van der Waals surface area contributed by atoms with E-state index in [4.69, 9.17) is 10.5 Å². The molecule has 0 radical (unpaired) electrons. The van der Waals surface area contributed by atoms with Crippen molar-refractivity contribution in [2.24, 2.45) is 10.7 Å². The maximum Gasteiger partial charge on any atom is 0.410 e. The third-order valence-corrected chi connectivity index (χ3v) is 3.67. The van der Waals surface area contributed by atoms with Gasteiger partial charge in [-0.05, 0) is 31.0 Å². The first-order valence-corrected chi connectivity index (χ1v) is 6.63. The van der Waals surface area contributed by atoms with E-state index >= 15 is 0 Å². The topological polar surface area (TPSA) is 50.8 Å².